The van der Waals surface area contributed by atoms with Crippen LogP contribution in [0.15, 0.2) is 47.4 Å². The Morgan fingerprint density at radius 2 is 1.70 bits per heavy atom. The van der Waals surface area contributed by atoms with Gasteiger partial charge in [0.25, 0.3) is 0 Å². The van der Waals surface area contributed by atoms with E-state index in [4.69, 9.17) is 0 Å². The standard InChI is InChI=1S/C22H17F4N3O3S/c23-18-9-17-19(10-20(18)28-5-7-33(31,32)8-6-28)29(13-15(11-27)21(17)30)12-14-1-3-16(4-2-14)22(24,25)26/h1-4,9-10,13H,5-8,12H2. The maximum Gasteiger partial charge on any atom is 0.416 e. The SMILES string of the molecule is N#Cc1cn(Cc2ccc(C(F)(F)F)cc2)c2cc(N3CCS(=O)(=O)CC3)c(F)cc2c1=O. The number of halogens is 4. The second-order valence-electron chi connectivity index (χ2n) is 7.77. The van der Waals surface area contributed by atoms with Gasteiger partial charge in [-0.15, -0.1) is 0 Å². The number of nitriles is 1. The molecule has 1 aromatic heterocycles. The van der Waals surface area contributed by atoms with E-state index >= 15 is 0 Å². The Kier molecular flexibility index (Phi) is 5.66. The maximum absolute atomic E-state index is 14.9. The number of hydrogen-bond donors (Lipinski definition) is 0. The lowest BCUT2D eigenvalue weighted by atomic mass is 10.1. The van der Waals surface area contributed by atoms with Crippen LogP contribution < -0.4 is 10.3 Å². The summed E-state index contributed by atoms with van der Waals surface area (Å²) in [6, 6.07) is 8.64. The molecule has 11 heteroatoms. The lowest BCUT2D eigenvalue weighted by Crippen LogP contribution is -2.40. The van der Waals surface area contributed by atoms with Crippen LogP contribution in [0.1, 0.15) is 16.7 Å². The Morgan fingerprint density at radius 3 is 2.27 bits per heavy atom. The lowest BCUT2D eigenvalue weighted by Gasteiger charge is -2.29. The first-order chi connectivity index (χ1) is 15.5. The van der Waals surface area contributed by atoms with E-state index in [0.29, 0.717) is 5.56 Å². The van der Waals surface area contributed by atoms with Gasteiger partial charge in [-0.05, 0) is 29.8 Å². The molecule has 0 amide bonds. The largest absolute Gasteiger partial charge is 0.416 e. The predicted molar refractivity (Wildman–Crippen MR) is 114 cm³/mol. The molecule has 0 spiro atoms. The van der Waals surface area contributed by atoms with Crippen molar-refractivity contribution in [1.29, 1.82) is 5.26 Å². The third-order valence-electron chi connectivity index (χ3n) is 5.59. The van der Waals surface area contributed by atoms with Crippen molar-refractivity contribution in [2.75, 3.05) is 29.5 Å². The van der Waals surface area contributed by atoms with E-state index in [2.05, 4.69) is 0 Å². The number of pyridine rings is 1. The van der Waals surface area contributed by atoms with Crippen LogP contribution in [0.4, 0.5) is 23.2 Å². The summed E-state index contributed by atoms with van der Waals surface area (Å²) in [4.78, 5) is 14.2. The van der Waals surface area contributed by atoms with Crippen molar-refractivity contribution in [3.05, 3.63) is 75.3 Å². The monoisotopic (exact) mass is 479 g/mol. The van der Waals surface area contributed by atoms with Gasteiger partial charge in [0.1, 0.15) is 17.4 Å². The van der Waals surface area contributed by atoms with Crippen LogP contribution in [0, 0.1) is 17.1 Å². The third kappa shape index (κ3) is 4.57. The summed E-state index contributed by atoms with van der Waals surface area (Å²) in [5.74, 6) is -0.984. The van der Waals surface area contributed by atoms with Crippen molar-refractivity contribution in [2.24, 2.45) is 0 Å². The number of sulfone groups is 1. The van der Waals surface area contributed by atoms with Crippen LogP contribution in [0.2, 0.25) is 0 Å². The molecule has 172 valence electrons. The van der Waals surface area contributed by atoms with Crippen molar-refractivity contribution in [3.63, 3.8) is 0 Å². The van der Waals surface area contributed by atoms with E-state index < -0.39 is 32.8 Å². The Hall–Kier alpha value is -3.39. The molecule has 4 rings (SSSR count). The van der Waals surface area contributed by atoms with Crippen molar-refractivity contribution in [2.45, 2.75) is 12.7 Å². The third-order valence-corrected chi connectivity index (χ3v) is 7.20. The van der Waals surface area contributed by atoms with Gasteiger partial charge in [0, 0.05) is 25.8 Å². The van der Waals surface area contributed by atoms with Gasteiger partial charge in [-0.1, -0.05) is 12.1 Å². The van der Waals surface area contributed by atoms with E-state index in [1.165, 1.54) is 29.0 Å². The lowest BCUT2D eigenvalue weighted by molar-refractivity contribution is -0.137. The molecule has 33 heavy (non-hydrogen) atoms. The molecule has 2 heterocycles. The summed E-state index contributed by atoms with van der Waals surface area (Å²) in [7, 11) is -3.19. The Morgan fingerprint density at radius 1 is 1.06 bits per heavy atom. The van der Waals surface area contributed by atoms with Gasteiger partial charge in [-0.2, -0.15) is 18.4 Å². The smallest absolute Gasteiger partial charge is 0.367 e. The first kappa shape index (κ1) is 22.8. The first-order valence-corrected chi connectivity index (χ1v) is 11.7. The number of aromatic nitrogens is 1. The van der Waals surface area contributed by atoms with E-state index in [-0.39, 0.29) is 53.3 Å². The minimum absolute atomic E-state index is 0.0308. The highest BCUT2D eigenvalue weighted by molar-refractivity contribution is 7.91. The minimum Gasteiger partial charge on any atom is -0.367 e. The van der Waals surface area contributed by atoms with E-state index in [0.717, 1.165) is 18.2 Å². The molecule has 1 fully saturated rings. The van der Waals surface area contributed by atoms with E-state index in [1.54, 1.807) is 11.0 Å². The first-order valence-electron chi connectivity index (χ1n) is 9.87. The van der Waals surface area contributed by atoms with Gasteiger partial charge in [0.15, 0.2) is 9.84 Å². The predicted octanol–water partition coefficient (Wildman–Crippen LogP) is 3.31. The summed E-state index contributed by atoms with van der Waals surface area (Å²) in [5.41, 5.74) is -0.829. The highest BCUT2D eigenvalue weighted by atomic mass is 32.2. The number of hydrogen-bond acceptors (Lipinski definition) is 5. The highest BCUT2D eigenvalue weighted by Gasteiger charge is 2.30. The van der Waals surface area contributed by atoms with Crippen molar-refractivity contribution in [3.8, 4) is 6.07 Å². The van der Waals surface area contributed by atoms with E-state index in [9.17, 15) is 36.0 Å². The molecule has 3 aromatic rings. The second-order valence-corrected chi connectivity index (χ2v) is 10.1. The Labute approximate surface area is 186 Å². The van der Waals surface area contributed by atoms with Crippen LogP contribution in [0.3, 0.4) is 0 Å². The molecule has 0 N–H and O–H groups in total. The quantitative estimate of drug-likeness (QED) is 0.539. The van der Waals surface area contributed by atoms with Crippen molar-refractivity contribution in [1.82, 2.24) is 4.57 Å². The molecule has 1 aliphatic heterocycles. The summed E-state index contributed by atoms with van der Waals surface area (Å²) in [5, 5.41) is 9.27. The van der Waals surface area contributed by atoms with Gasteiger partial charge in [-0.25, -0.2) is 12.8 Å². The molecule has 0 atom stereocenters. The van der Waals surface area contributed by atoms with E-state index in [1.807, 2.05) is 0 Å². The average Bonchev–Trinajstić information content (AvgIpc) is 2.75. The zero-order valence-corrected chi connectivity index (χ0v) is 17.9. The van der Waals surface area contributed by atoms with Gasteiger partial charge < -0.3 is 9.47 Å². The van der Waals surface area contributed by atoms with Crippen molar-refractivity contribution < 1.29 is 26.0 Å². The topological polar surface area (TPSA) is 83.2 Å². The van der Waals surface area contributed by atoms with Crippen LogP contribution >= 0.6 is 0 Å². The second kappa shape index (κ2) is 8.19. The van der Waals surface area contributed by atoms with Gasteiger partial charge >= 0.3 is 6.18 Å². The fourth-order valence-electron chi connectivity index (χ4n) is 3.80. The molecule has 1 aliphatic rings. The molecule has 0 bridgehead atoms. The normalized spacial score (nSPS) is 16.0. The van der Waals surface area contributed by atoms with Gasteiger partial charge in [0.05, 0.1) is 33.7 Å². The summed E-state index contributed by atoms with van der Waals surface area (Å²) in [6.45, 7) is 0.206. The maximum atomic E-state index is 14.9. The van der Waals surface area contributed by atoms with Gasteiger partial charge in [0.2, 0.25) is 5.43 Å². The van der Waals surface area contributed by atoms with Gasteiger partial charge in [-0.3, -0.25) is 4.79 Å². The van der Waals surface area contributed by atoms with Crippen molar-refractivity contribution >= 4 is 26.4 Å². The molecule has 1 saturated heterocycles. The fraction of sp³-hybridized carbons (Fsp3) is 0.273. The zero-order valence-electron chi connectivity index (χ0n) is 17.1. The molecule has 0 unspecified atom stereocenters. The molecular formula is C22H17F4N3O3S. The number of benzene rings is 2. The zero-order chi connectivity index (χ0) is 24.0. The minimum atomic E-state index is -4.48. The fourth-order valence-corrected chi connectivity index (χ4v) is 5.00. The number of anilines is 1. The average molecular weight is 479 g/mol. The van der Waals surface area contributed by atoms with Crippen LogP contribution in [0.25, 0.3) is 10.9 Å². The number of alkyl halides is 3. The number of rotatable bonds is 3. The number of nitrogens with zero attached hydrogens (tertiary/aromatic N) is 3. The Bertz CT molecular complexity index is 1430. The Balaban J connectivity index is 1.80. The van der Waals surface area contributed by atoms with Crippen LogP contribution in [0.5, 0.6) is 0 Å². The van der Waals surface area contributed by atoms with Crippen LogP contribution in [-0.2, 0) is 22.6 Å². The summed E-state index contributed by atoms with van der Waals surface area (Å²) in [6.07, 6.45) is -3.20. The molecular weight excluding hydrogens is 462 g/mol. The molecule has 0 saturated carbocycles. The molecule has 2 aromatic carbocycles. The highest BCUT2D eigenvalue weighted by Crippen LogP contribution is 2.30. The summed E-state index contributed by atoms with van der Waals surface area (Å²) >= 11 is 0. The molecule has 0 radical (unpaired) electrons. The number of fused-ring (bicyclic) bond motifs is 1. The molecule has 0 aliphatic carbocycles. The van der Waals surface area contributed by atoms with Crippen LogP contribution in [-0.4, -0.2) is 37.6 Å². The molecule has 6 nitrogen and oxygen atoms in total. The summed E-state index contributed by atoms with van der Waals surface area (Å²) < 4.78 is 78.4.